The first-order chi connectivity index (χ1) is 9.11. The van der Waals surface area contributed by atoms with Gasteiger partial charge in [-0.15, -0.1) is 0 Å². The summed E-state index contributed by atoms with van der Waals surface area (Å²) in [7, 11) is 3.10. The van der Waals surface area contributed by atoms with Crippen molar-refractivity contribution < 1.29 is 14.3 Å². The number of carbonyl (C=O) groups is 2. The molecule has 2 aromatic rings. The van der Waals surface area contributed by atoms with Crippen LogP contribution in [0, 0.1) is 6.92 Å². The number of hydrogen-bond donors (Lipinski definition) is 0. The van der Waals surface area contributed by atoms with Gasteiger partial charge >= 0.3 is 5.97 Å². The molecular weight excluding hydrogens is 242 g/mol. The monoisotopic (exact) mass is 257 g/mol. The molecule has 0 unspecified atom stereocenters. The van der Waals surface area contributed by atoms with E-state index in [1.165, 1.54) is 7.11 Å². The minimum atomic E-state index is -0.431. The van der Waals surface area contributed by atoms with Crippen LogP contribution < -0.4 is 0 Å². The molecular formula is C15H15NO3. The summed E-state index contributed by atoms with van der Waals surface area (Å²) in [5, 5.41) is 0. The third-order valence-electron chi connectivity index (χ3n) is 3.30. The van der Waals surface area contributed by atoms with E-state index in [9.17, 15) is 9.59 Å². The van der Waals surface area contributed by atoms with Crippen LogP contribution in [0.3, 0.4) is 0 Å². The Hall–Kier alpha value is -2.36. The van der Waals surface area contributed by atoms with Crippen LogP contribution in [0.5, 0.6) is 0 Å². The predicted octanol–water partition coefficient (Wildman–Crippen LogP) is 2.60. The van der Waals surface area contributed by atoms with E-state index in [1.54, 1.807) is 18.5 Å². The van der Waals surface area contributed by atoms with E-state index in [-0.39, 0.29) is 0 Å². The van der Waals surface area contributed by atoms with Gasteiger partial charge in [0.25, 0.3) is 0 Å². The fourth-order valence-electron chi connectivity index (χ4n) is 2.21. The average Bonchev–Trinajstić information content (AvgIpc) is 2.71. The smallest absolute Gasteiger partial charge is 0.340 e. The van der Waals surface area contributed by atoms with Gasteiger partial charge in [0.15, 0.2) is 6.29 Å². The molecule has 0 saturated carbocycles. The summed E-state index contributed by atoms with van der Waals surface area (Å²) in [6, 6.07) is 9.36. The van der Waals surface area contributed by atoms with Crippen LogP contribution >= 0.6 is 0 Å². The van der Waals surface area contributed by atoms with Gasteiger partial charge in [0.2, 0.25) is 0 Å². The molecule has 0 fully saturated rings. The maximum atomic E-state index is 12.0. The molecule has 0 aliphatic carbocycles. The molecule has 0 N–H and O–H groups in total. The Morgan fingerprint density at radius 2 is 1.89 bits per heavy atom. The summed E-state index contributed by atoms with van der Waals surface area (Å²) < 4.78 is 6.53. The van der Waals surface area contributed by atoms with Crippen LogP contribution in [-0.2, 0) is 11.8 Å². The maximum absolute atomic E-state index is 12.0. The van der Waals surface area contributed by atoms with Crippen molar-refractivity contribution in [2.24, 2.45) is 7.05 Å². The zero-order chi connectivity index (χ0) is 14.0. The molecule has 0 aliphatic heterocycles. The average molecular weight is 257 g/mol. The summed E-state index contributed by atoms with van der Waals surface area (Å²) >= 11 is 0. The fraction of sp³-hybridized carbons (Fsp3) is 0.200. The quantitative estimate of drug-likeness (QED) is 0.627. The van der Waals surface area contributed by atoms with Crippen LogP contribution in [0.2, 0.25) is 0 Å². The van der Waals surface area contributed by atoms with E-state index >= 15 is 0 Å². The number of methoxy groups -OCH3 is 1. The molecule has 1 aromatic carbocycles. The molecule has 1 heterocycles. The highest BCUT2D eigenvalue weighted by Crippen LogP contribution is 2.31. The molecule has 4 heteroatoms. The lowest BCUT2D eigenvalue weighted by Crippen LogP contribution is -2.04. The van der Waals surface area contributed by atoms with Gasteiger partial charge in [-0.1, -0.05) is 30.3 Å². The summed E-state index contributed by atoms with van der Waals surface area (Å²) in [6.45, 7) is 1.80. The normalized spacial score (nSPS) is 10.3. The number of rotatable bonds is 3. The van der Waals surface area contributed by atoms with Crippen molar-refractivity contribution in [1.29, 1.82) is 0 Å². The van der Waals surface area contributed by atoms with Gasteiger partial charge in [-0.3, -0.25) is 4.79 Å². The molecule has 0 aliphatic rings. The van der Waals surface area contributed by atoms with Crippen LogP contribution in [0.25, 0.3) is 11.1 Å². The van der Waals surface area contributed by atoms with E-state index in [1.807, 2.05) is 30.3 Å². The van der Waals surface area contributed by atoms with Gasteiger partial charge in [0, 0.05) is 18.3 Å². The lowest BCUT2D eigenvalue weighted by molar-refractivity contribution is 0.0600. The van der Waals surface area contributed by atoms with E-state index in [4.69, 9.17) is 4.74 Å². The van der Waals surface area contributed by atoms with Crippen molar-refractivity contribution in [3.63, 3.8) is 0 Å². The number of hydrogen-bond acceptors (Lipinski definition) is 3. The minimum Gasteiger partial charge on any atom is -0.465 e. The predicted molar refractivity (Wildman–Crippen MR) is 72.3 cm³/mol. The molecule has 0 atom stereocenters. The van der Waals surface area contributed by atoms with Crippen LogP contribution in [-0.4, -0.2) is 23.9 Å². The van der Waals surface area contributed by atoms with Crippen LogP contribution in [0.4, 0.5) is 0 Å². The topological polar surface area (TPSA) is 48.3 Å². The third-order valence-corrected chi connectivity index (χ3v) is 3.30. The fourth-order valence-corrected chi connectivity index (χ4v) is 2.21. The summed E-state index contributed by atoms with van der Waals surface area (Å²) in [5.41, 5.74) is 3.09. The number of aldehydes is 1. The molecule has 0 amide bonds. The molecule has 2 rings (SSSR count). The molecule has 98 valence electrons. The Balaban J connectivity index is 2.80. The van der Waals surface area contributed by atoms with Crippen molar-refractivity contribution in [2.45, 2.75) is 6.92 Å². The summed E-state index contributed by atoms with van der Waals surface area (Å²) in [4.78, 5) is 23.3. The molecule has 1 aromatic heterocycles. The van der Waals surface area contributed by atoms with E-state index in [0.717, 1.165) is 11.8 Å². The SMILES string of the molecule is COC(=O)c1c(-c2ccccc2)c(C=O)n(C)c1C. The summed E-state index contributed by atoms with van der Waals surface area (Å²) in [5.74, 6) is -0.431. The van der Waals surface area contributed by atoms with Crippen LogP contribution in [0.15, 0.2) is 30.3 Å². The van der Waals surface area contributed by atoms with Gasteiger partial charge in [0.05, 0.1) is 18.4 Å². The van der Waals surface area contributed by atoms with Crippen molar-refractivity contribution >= 4 is 12.3 Å². The second kappa shape index (κ2) is 5.10. The standard InChI is InChI=1S/C15H15NO3/c1-10-13(15(18)19-3)14(12(9-17)16(10)2)11-7-5-4-6-8-11/h4-9H,1-3H3. The largest absolute Gasteiger partial charge is 0.465 e. The highest BCUT2D eigenvalue weighted by atomic mass is 16.5. The zero-order valence-corrected chi connectivity index (χ0v) is 11.1. The van der Waals surface area contributed by atoms with Crippen molar-refractivity contribution in [3.8, 4) is 11.1 Å². The van der Waals surface area contributed by atoms with Gasteiger partial charge in [-0.25, -0.2) is 4.79 Å². The Kier molecular flexibility index (Phi) is 3.51. The van der Waals surface area contributed by atoms with Crippen LogP contribution in [0.1, 0.15) is 26.5 Å². The molecule has 0 radical (unpaired) electrons. The number of aromatic nitrogens is 1. The number of nitrogens with zero attached hydrogens (tertiary/aromatic N) is 1. The third kappa shape index (κ3) is 2.05. The van der Waals surface area contributed by atoms with E-state index < -0.39 is 5.97 Å². The number of esters is 1. The lowest BCUT2D eigenvalue weighted by Gasteiger charge is -2.04. The molecule has 0 saturated heterocycles. The lowest BCUT2D eigenvalue weighted by atomic mass is 10.0. The van der Waals surface area contributed by atoms with Crippen molar-refractivity contribution in [1.82, 2.24) is 4.57 Å². The molecule has 0 spiro atoms. The highest BCUT2D eigenvalue weighted by molar-refractivity contribution is 6.03. The second-order valence-corrected chi connectivity index (χ2v) is 4.26. The first-order valence-electron chi connectivity index (χ1n) is 5.90. The maximum Gasteiger partial charge on any atom is 0.340 e. The van der Waals surface area contributed by atoms with E-state index in [0.29, 0.717) is 22.5 Å². The first-order valence-corrected chi connectivity index (χ1v) is 5.90. The first kappa shape index (κ1) is 13.1. The Morgan fingerprint density at radius 3 is 2.42 bits per heavy atom. The van der Waals surface area contributed by atoms with Crippen molar-refractivity contribution in [2.75, 3.05) is 7.11 Å². The van der Waals surface area contributed by atoms with Gasteiger partial charge in [-0.2, -0.15) is 0 Å². The van der Waals surface area contributed by atoms with Gasteiger partial charge in [0.1, 0.15) is 0 Å². The van der Waals surface area contributed by atoms with Gasteiger partial charge in [-0.05, 0) is 12.5 Å². The Bertz CT molecular complexity index is 627. The number of benzene rings is 1. The Morgan fingerprint density at radius 1 is 1.26 bits per heavy atom. The number of carbonyl (C=O) groups excluding carboxylic acids is 2. The van der Waals surface area contributed by atoms with E-state index in [2.05, 4.69) is 0 Å². The number of ether oxygens (including phenoxy) is 1. The zero-order valence-electron chi connectivity index (χ0n) is 11.1. The molecule has 0 bridgehead atoms. The van der Waals surface area contributed by atoms with Gasteiger partial charge < -0.3 is 9.30 Å². The Labute approximate surface area is 111 Å². The highest BCUT2D eigenvalue weighted by Gasteiger charge is 2.24. The minimum absolute atomic E-state index is 0.431. The molecule has 4 nitrogen and oxygen atoms in total. The second-order valence-electron chi connectivity index (χ2n) is 4.26. The summed E-state index contributed by atoms with van der Waals surface area (Å²) in [6.07, 6.45) is 0.766. The molecule has 19 heavy (non-hydrogen) atoms. The van der Waals surface area contributed by atoms with Crippen molar-refractivity contribution in [3.05, 3.63) is 47.3 Å².